The first-order valence-electron chi connectivity index (χ1n) is 9.85. The smallest absolute Gasteiger partial charge is 0.243 e. The predicted octanol–water partition coefficient (Wildman–Crippen LogP) is 3.94. The Bertz CT molecular complexity index is 829. The second-order valence-electron chi connectivity index (χ2n) is 8.71. The van der Waals surface area contributed by atoms with Crippen molar-refractivity contribution in [3.8, 4) is 0 Å². The molecular weight excluding hydrogens is 400 g/mol. The highest BCUT2D eigenvalue weighted by Gasteiger charge is 2.54. The van der Waals surface area contributed by atoms with Gasteiger partial charge in [0.15, 0.2) is 0 Å². The summed E-state index contributed by atoms with van der Waals surface area (Å²) in [5.41, 5.74) is 1.54. The van der Waals surface area contributed by atoms with Crippen LogP contribution in [0.4, 0.5) is 0 Å². The molecule has 3 saturated heterocycles. The van der Waals surface area contributed by atoms with Crippen molar-refractivity contribution in [2.45, 2.75) is 55.7 Å². The van der Waals surface area contributed by atoms with Gasteiger partial charge in [-0.25, -0.2) is 8.42 Å². The number of sulfonamides is 1. The highest BCUT2D eigenvalue weighted by molar-refractivity contribution is 8.01. The standard InChI is InChI=1S/C20H29ClN2O2S2/c1-14-4-6-22(7-5-14)17-10-20(26-11-17)12-23(13-20)27(24,25)19-9-15(2)18(21)8-16(19)3/h8-9,14,17H,4-7,10-13H2,1-3H3. The second kappa shape index (κ2) is 7.21. The number of halogens is 1. The van der Waals surface area contributed by atoms with E-state index in [9.17, 15) is 8.42 Å². The van der Waals surface area contributed by atoms with Crippen molar-refractivity contribution in [1.29, 1.82) is 0 Å². The molecule has 4 rings (SSSR count). The highest BCUT2D eigenvalue weighted by Crippen LogP contribution is 2.48. The molecule has 0 amide bonds. The van der Waals surface area contributed by atoms with Gasteiger partial charge in [-0.1, -0.05) is 18.5 Å². The van der Waals surface area contributed by atoms with Gasteiger partial charge in [-0.2, -0.15) is 16.1 Å². The summed E-state index contributed by atoms with van der Waals surface area (Å²) in [6, 6.07) is 4.10. The summed E-state index contributed by atoms with van der Waals surface area (Å²) >= 11 is 8.13. The molecule has 1 spiro atoms. The number of hydrogen-bond acceptors (Lipinski definition) is 4. The average molecular weight is 429 g/mol. The van der Waals surface area contributed by atoms with Gasteiger partial charge >= 0.3 is 0 Å². The fourth-order valence-corrected chi connectivity index (χ4v) is 8.57. The van der Waals surface area contributed by atoms with E-state index in [1.807, 2.05) is 25.6 Å². The first-order chi connectivity index (χ1) is 12.7. The zero-order valence-corrected chi connectivity index (χ0v) is 18.8. The Hall–Kier alpha value is -0.270. The molecule has 150 valence electrons. The van der Waals surface area contributed by atoms with E-state index in [4.69, 9.17) is 11.6 Å². The van der Waals surface area contributed by atoms with Crippen LogP contribution in [0.25, 0.3) is 0 Å². The lowest BCUT2D eigenvalue weighted by Crippen LogP contribution is -2.61. The summed E-state index contributed by atoms with van der Waals surface area (Å²) in [4.78, 5) is 3.05. The van der Waals surface area contributed by atoms with Gasteiger partial charge in [0.2, 0.25) is 10.0 Å². The molecule has 7 heteroatoms. The molecule has 1 aromatic carbocycles. The van der Waals surface area contributed by atoms with Crippen LogP contribution in [0.15, 0.2) is 17.0 Å². The fraction of sp³-hybridized carbons (Fsp3) is 0.700. The van der Waals surface area contributed by atoms with E-state index in [-0.39, 0.29) is 4.75 Å². The lowest BCUT2D eigenvalue weighted by molar-refractivity contribution is 0.123. The molecule has 0 bridgehead atoms. The normalized spacial score (nSPS) is 27.2. The molecular formula is C20H29ClN2O2S2. The zero-order chi connectivity index (χ0) is 19.4. The summed E-state index contributed by atoms with van der Waals surface area (Å²) in [6.07, 6.45) is 3.71. The van der Waals surface area contributed by atoms with Crippen LogP contribution < -0.4 is 0 Å². The number of thioether (sulfide) groups is 1. The zero-order valence-electron chi connectivity index (χ0n) is 16.4. The molecule has 1 atom stereocenters. The lowest BCUT2D eigenvalue weighted by atomic mass is 9.91. The second-order valence-corrected chi connectivity index (χ2v) is 12.5. The maximum Gasteiger partial charge on any atom is 0.243 e. The third-order valence-corrected chi connectivity index (χ3v) is 10.5. The number of nitrogens with zero attached hydrogens (tertiary/aromatic N) is 2. The van der Waals surface area contributed by atoms with Crippen molar-refractivity contribution in [1.82, 2.24) is 9.21 Å². The molecule has 0 radical (unpaired) electrons. The average Bonchev–Trinajstić information content (AvgIpc) is 3.03. The number of rotatable bonds is 3. The molecule has 4 nitrogen and oxygen atoms in total. The minimum Gasteiger partial charge on any atom is -0.299 e. The SMILES string of the molecule is Cc1cc(S(=O)(=O)N2CC3(CC(N4CCC(C)CC4)CS3)C2)c(C)cc1Cl. The van der Waals surface area contributed by atoms with E-state index in [1.54, 1.807) is 16.4 Å². The topological polar surface area (TPSA) is 40.6 Å². The van der Waals surface area contributed by atoms with Gasteiger partial charge in [0.05, 0.1) is 4.90 Å². The van der Waals surface area contributed by atoms with Crippen molar-refractivity contribution in [3.05, 3.63) is 28.3 Å². The number of benzene rings is 1. The maximum absolute atomic E-state index is 13.1. The predicted molar refractivity (Wildman–Crippen MR) is 113 cm³/mol. The highest BCUT2D eigenvalue weighted by atomic mass is 35.5. The van der Waals surface area contributed by atoms with Gasteiger partial charge in [-0.15, -0.1) is 0 Å². The van der Waals surface area contributed by atoms with Crippen molar-refractivity contribution in [2.24, 2.45) is 5.92 Å². The van der Waals surface area contributed by atoms with Crippen LogP contribution in [0.2, 0.25) is 5.02 Å². The number of likely N-dealkylation sites (tertiary alicyclic amines) is 1. The van der Waals surface area contributed by atoms with Crippen LogP contribution in [0.3, 0.4) is 0 Å². The summed E-state index contributed by atoms with van der Waals surface area (Å²) in [5, 5.41) is 0.622. The van der Waals surface area contributed by atoms with Gasteiger partial charge in [0.25, 0.3) is 0 Å². The molecule has 3 aliphatic heterocycles. The van der Waals surface area contributed by atoms with Gasteiger partial charge in [-0.05, 0) is 75.4 Å². The first kappa shape index (κ1) is 20.0. The Morgan fingerprint density at radius 1 is 1.15 bits per heavy atom. The number of hydrogen-bond donors (Lipinski definition) is 0. The van der Waals surface area contributed by atoms with E-state index in [0.29, 0.717) is 29.0 Å². The minimum absolute atomic E-state index is 0.121. The lowest BCUT2D eigenvalue weighted by Gasteiger charge is -2.47. The van der Waals surface area contributed by atoms with Crippen molar-refractivity contribution in [3.63, 3.8) is 0 Å². The molecule has 3 heterocycles. The molecule has 0 saturated carbocycles. The van der Waals surface area contributed by atoms with Crippen LogP contribution in [-0.2, 0) is 10.0 Å². The van der Waals surface area contributed by atoms with E-state index in [0.717, 1.165) is 29.2 Å². The maximum atomic E-state index is 13.1. The van der Waals surface area contributed by atoms with Gasteiger partial charge in [0.1, 0.15) is 0 Å². The fourth-order valence-electron chi connectivity index (χ4n) is 4.61. The van der Waals surface area contributed by atoms with E-state index >= 15 is 0 Å². The Morgan fingerprint density at radius 2 is 1.81 bits per heavy atom. The summed E-state index contributed by atoms with van der Waals surface area (Å²) in [5.74, 6) is 1.99. The van der Waals surface area contributed by atoms with Gasteiger partial charge in [-0.3, -0.25) is 4.90 Å². The van der Waals surface area contributed by atoms with Crippen LogP contribution >= 0.6 is 23.4 Å². The Kier molecular flexibility index (Phi) is 5.34. The summed E-state index contributed by atoms with van der Waals surface area (Å²) in [7, 11) is -3.44. The number of aryl methyl sites for hydroxylation is 2. The Labute approximate surface area is 172 Å². The van der Waals surface area contributed by atoms with E-state index in [2.05, 4.69) is 11.8 Å². The third-order valence-electron chi connectivity index (χ3n) is 6.53. The van der Waals surface area contributed by atoms with Crippen molar-refractivity contribution in [2.75, 3.05) is 31.9 Å². The Morgan fingerprint density at radius 3 is 2.48 bits per heavy atom. The van der Waals surface area contributed by atoms with Crippen LogP contribution in [0, 0.1) is 19.8 Å². The monoisotopic (exact) mass is 428 g/mol. The molecule has 1 unspecified atom stereocenters. The molecule has 27 heavy (non-hydrogen) atoms. The van der Waals surface area contributed by atoms with Crippen molar-refractivity contribution >= 4 is 33.4 Å². The molecule has 0 N–H and O–H groups in total. The van der Waals surface area contributed by atoms with Crippen LogP contribution in [0.1, 0.15) is 37.3 Å². The van der Waals surface area contributed by atoms with Crippen molar-refractivity contribution < 1.29 is 8.42 Å². The largest absolute Gasteiger partial charge is 0.299 e. The summed E-state index contributed by atoms with van der Waals surface area (Å²) < 4.78 is 28.0. The number of piperidine rings is 1. The van der Waals surface area contributed by atoms with Gasteiger partial charge < -0.3 is 0 Å². The molecule has 3 aliphatic rings. The third kappa shape index (κ3) is 3.68. The van der Waals surface area contributed by atoms with Gasteiger partial charge in [0, 0.05) is 34.7 Å². The van der Waals surface area contributed by atoms with E-state index in [1.165, 1.54) is 25.9 Å². The van der Waals surface area contributed by atoms with Crippen LogP contribution in [-0.4, -0.2) is 60.3 Å². The Balaban J connectivity index is 1.42. The minimum atomic E-state index is -3.44. The molecule has 0 aromatic heterocycles. The van der Waals surface area contributed by atoms with Crippen LogP contribution in [0.5, 0.6) is 0 Å². The first-order valence-corrected chi connectivity index (χ1v) is 12.7. The van der Waals surface area contributed by atoms with E-state index < -0.39 is 10.0 Å². The molecule has 0 aliphatic carbocycles. The molecule has 3 fully saturated rings. The molecule has 1 aromatic rings. The summed E-state index contributed by atoms with van der Waals surface area (Å²) in [6.45, 7) is 9.71. The quantitative estimate of drug-likeness (QED) is 0.731.